The Balaban J connectivity index is 2.65. The van der Waals surface area contributed by atoms with Crippen molar-refractivity contribution >= 4 is 16.0 Å². The SMILES string of the molecule is CN(C)S(=O)(=O)c1ccc(-c2ccccc2)c(C(=O)O)c1. The molecule has 0 aliphatic carbocycles. The molecule has 2 aromatic carbocycles. The van der Waals surface area contributed by atoms with Crippen LogP contribution in [0.25, 0.3) is 11.1 Å². The third-order valence-corrected chi connectivity index (χ3v) is 4.90. The Kier molecular flexibility index (Phi) is 4.11. The van der Waals surface area contributed by atoms with E-state index in [1.54, 1.807) is 24.3 Å². The fourth-order valence-corrected chi connectivity index (χ4v) is 2.87. The van der Waals surface area contributed by atoms with Crippen molar-refractivity contribution in [2.75, 3.05) is 14.1 Å². The summed E-state index contributed by atoms with van der Waals surface area (Å²) in [6.07, 6.45) is 0. The molecule has 0 saturated heterocycles. The van der Waals surface area contributed by atoms with Gasteiger partial charge in [-0.3, -0.25) is 0 Å². The minimum atomic E-state index is -3.66. The van der Waals surface area contributed by atoms with E-state index in [1.807, 2.05) is 6.07 Å². The summed E-state index contributed by atoms with van der Waals surface area (Å²) in [5.74, 6) is -1.16. The van der Waals surface area contributed by atoms with Gasteiger partial charge in [-0.25, -0.2) is 17.5 Å². The van der Waals surface area contributed by atoms with E-state index in [0.29, 0.717) is 5.56 Å². The van der Waals surface area contributed by atoms with Crippen LogP contribution >= 0.6 is 0 Å². The van der Waals surface area contributed by atoms with Gasteiger partial charge in [-0.15, -0.1) is 0 Å². The molecule has 21 heavy (non-hydrogen) atoms. The lowest BCUT2D eigenvalue weighted by atomic mass is 10.00. The van der Waals surface area contributed by atoms with Crippen LogP contribution in [-0.2, 0) is 10.0 Å². The first-order valence-electron chi connectivity index (χ1n) is 6.19. The van der Waals surface area contributed by atoms with Crippen LogP contribution in [0.2, 0.25) is 0 Å². The number of hydrogen-bond acceptors (Lipinski definition) is 3. The van der Waals surface area contributed by atoms with Crippen molar-refractivity contribution in [1.82, 2.24) is 4.31 Å². The monoisotopic (exact) mass is 305 g/mol. The van der Waals surface area contributed by atoms with Crippen LogP contribution in [0.3, 0.4) is 0 Å². The van der Waals surface area contributed by atoms with E-state index in [0.717, 1.165) is 9.87 Å². The number of carboxylic acids is 1. The van der Waals surface area contributed by atoms with E-state index in [-0.39, 0.29) is 10.5 Å². The second-order valence-corrected chi connectivity index (χ2v) is 6.82. The van der Waals surface area contributed by atoms with Crippen LogP contribution in [0.1, 0.15) is 10.4 Å². The zero-order chi connectivity index (χ0) is 15.6. The predicted octanol–water partition coefficient (Wildman–Crippen LogP) is 2.30. The lowest BCUT2D eigenvalue weighted by molar-refractivity contribution is 0.0697. The average Bonchev–Trinajstić information content (AvgIpc) is 2.47. The molecular formula is C15H15NO4S. The van der Waals surface area contributed by atoms with Gasteiger partial charge in [-0.2, -0.15) is 0 Å². The molecule has 0 radical (unpaired) electrons. The van der Waals surface area contributed by atoms with Crippen LogP contribution in [0.5, 0.6) is 0 Å². The Morgan fingerprint density at radius 2 is 1.67 bits per heavy atom. The summed E-state index contributed by atoms with van der Waals surface area (Å²) >= 11 is 0. The first-order valence-corrected chi connectivity index (χ1v) is 7.63. The standard InChI is InChI=1S/C15H15NO4S/c1-16(2)21(19,20)12-8-9-13(14(10-12)15(17)18)11-6-4-3-5-7-11/h3-10H,1-2H3,(H,17,18). The number of carbonyl (C=O) groups is 1. The molecule has 5 nitrogen and oxygen atoms in total. The van der Waals surface area contributed by atoms with Gasteiger partial charge in [-0.05, 0) is 23.3 Å². The zero-order valence-electron chi connectivity index (χ0n) is 11.6. The number of rotatable bonds is 4. The second-order valence-electron chi connectivity index (χ2n) is 4.67. The third kappa shape index (κ3) is 2.96. The van der Waals surface area contributed by atoms with Gasteiger partial charge >= 0.3 is 5.97 Å². The Morgan fingerprint density at radius 3 is 2.19 bits per heavy atom. The number of aromatic carboxylic acids is 1. The Morgan fingerprint density at radius 1 is 1.05 bits per heavy atom. The minimum absolute atomic E-state index is 0.0374. The molecule has 0 aliphatic rings. The molecule has 0 unspecified atom stereocenters. The molecule has 110 valence electrons. The van der Waals surface area contributed by atoms with Crippen molar-refractivity contribution in [2.24, 2.45) is 0 Å². The highest BCUT2D eigenvalue weighted by molar-refractivity contribution is 7.89. The van der Waals surface area contributed by atoms with Crippen LogP contribution in [0.15, 0.2) is 53.4 Å². The van der Waals surface area contributed by atoms with Crippen LogP contribution in [0, 0.1) is 0 Å². The van der Waals surface area contributed by atoms with E-state index >= 15 is 0 Å². The maximum Gasteiger partial charge on any atom is 0.336 e. The topological polar surface area (TPSA) is 74.7 Å². The van der Waals surface area contributed by atoms with Crippen LogP contribution in [-0.4, -0.2) is 37.9 Å². The fraction of sp³-hybridized carbons (Fsp3) is 0.133. The number of benzene rings is 2. The number of hydrogen-bond donors (Lipinski definition) is 1. The summed E-state index contributed by atoms with van der Waals surface area (Å²) in [5.41, 5.74) is 1.17. The Hall–Kier alpha value is -2.18. The summed E-state index contributed by atoms with van der Waals surface area (Å²) < 4.78 is 25.2. The number of nitrogens with zero attached hydrogens (tertiary/aromatic N) is 1. The number of sulfonamides is 1. The van der Waals surface area contributed by atoms with E-state index in [2.05, 4.69) is 0 Å². The van der Waals surface area contributed by atoms with Crippen molar-refractivity contribution in [3.8, 4) is 11.1 Å². The van der Waals surface area contributed by atoms with Crippen molar-refractivity contribution in [3.05, 3.63) is 54.1 Å². The molecule has 0 aromatic heterocycles. The predicted molar refractivity (Wildman–Crippen MR) is 79.7 cm³/mol. The van der Waals surface area contributed by atoms with Gasteiger partial charge in [0.1, 0.15) is 0 Å². The molecule has 0 atom stereocenters. The van der Waals surface area contributed by atoms with Gasteiger partial charge < -0.3 is 5.11 Å². The molecule has 6 heteroatoms. The smallest absolute Gasteiger partial charge is 0.336 e. The molecule has 0 bridgehead atoms. The van der Waals surface area contributed by atoms with E-state index in [9.17, 15) is 18.3 Å². The molecule has 0 saturated carbocycles. The summed E-state index contributed by atoms with van der Waals surface area (Å²) in [4.78, 5) is 11.4. The third-order valence-electron chi connectivity index (χ3n) is 3.08. The molecule has 2 rings (SSSR count). The highest BCUT2D eigenvalue weighted by atomic mass is 32.2. The Labute approximate surface area is 123 Å². The summed E-state index contributed by atoms with van der Waals surface area (Å²) in [6, 6.07) is 13.1. The molecule has 0 aliphatic heterocycles. The van der Waals surface area contributed by atoms with Gasteiger partial charge in [0.15, 0.2) is 0 Å². The first-order chi connectivity index (χ1) is 9.84. The summed E-state index contributed by atoms with van der Waals surface area (Å²) in [6.45, 7) is 0. The van der Waals surface area contributed by atoms with Gasteiger partial charge in [0, 0.05) is 14.1 Å². The van der Waals surface area contributed by atoms with Crippen molar-refractivity contribution < 1.29 is 18.3 Å². The van der Waals surface area contributed by atoms with Gasteiger partial charge in [0.2, 0.25) is 10.0 Å². The number of carboxylic acid groups (broad SMARTS) is 1. The average molecular weight is 305 g/mol. The largest absolute Gasteiger partial charge is 0.478 e. The summed E-state index contributed by atoms with van der Waals surface area (Å²) in [5, 5.41) is 9.35. The van der Waals surface area contributed by atoms with E-state index in [1.165, 1.54) is 32.3 Å². The molecule has 0 fully saturated rings. The van der Waals surface area contributed by atoms with E-state index < -0.39 is 16.0 Å². The Bertz CT molecular complexity index is 768. The van der Waals surface area contributed by atoms with Gasteiger partial charge in [0.05, 0.1) is 10.5 Å². The molecular weight excluding hydrogens is 290 g/mol. The first kappa shape index (κ1) is 15.2. The molecule has 1 N–H and O–H groups in total. The quantitative estimate of drug-likeness (QED) is 0.940. The lowest BCUT2D eigenvalue weighted by Crippen LogP contribution is -2.22. The minimum Gasteiger partial charge on any atom is -0.478 e. The molecule has 2 aromatic rings. The lowest BCUT2D eigenvalue weighted by Gasteiger charge is -2.13. The van der Waals surface area contributed by atoms with Crippen molar-refractivity contribution in [2.45, 2.75) is 4.90 Å². The van der Waals surface area contributed by atoms with E-state index in [4.69, 9.17) is 0 Å². The van der Waals surface area contributed by atoms with Crippen LogP contribution < -0.4 is 0 Å². The molecule has 0 amide bonds. The van der Waals surface area contributed by atoms with Crippen LogP contribution in [0.4, 0.5) is 0 Å². The zero-order valence-corrected chi connectivity index (χ0v) is 12.5. The fourth-order valence-electron chi connectivity index (χ4n) is 1.94. The highest BCUT2D eigenvalue weighted by Gasteiger charge is 2.21. The second kappa shape index (κ2) is 5.67. The van der Waals surface area contributed by atoms with Crippen molar-refractivity contribution in [3.63, 3.8) is 0 Å². The maximum atomic E-state index is 12.1. The molecule has 0 spiro atoms. The summed E-state index contributed by atoms with van der Waals surface area (Å²) in [7, 11) is -0.855. The van der Waals surface area contributed by atoms with Gasteiger partial charge in [0.25, 0.3) is 0 Å². The van der Waals surface area contributed by atoms with Gasteiger partial charge in [-0.1, -0.05) is 36.4 Å². The highest BCUT2D eigenvalue weighted by Crippen LogP contribution is 2.27. The molecule has 0 heterocycles. The maximum absolute atomic E-state index is 12.1. The van der Waals surface area contributed by atoms with Crippen molar-refractivity contribution in [1.29, 1.82) is 0 Å². The normalized spacial score (nSPS) is 11.6.